The van der Waals surface area contributed by atoms with E-state index in [1.54, 1.807) is 12.5 Å². The summed E-state index contributed by atoms with van der Waals surface area (Å²) in [6.45, 7) is 0. The molecule has 0 bridgehead atoms. The largest absolute Gasteiger partial charge is 0.476 e. The van der Waals surface area contributed by atoms with E-state index in [1.165, 1.54) is 11.3 Å². The normalized spacial score (nSPS) is 9.89. The summed E-state index contributed by atoms with van der Waals surface area (Å²) < 4.78 is 5.36. The molecule has 94 valence electrons. The third-order valence-corrected chi connectivity index (χ3v) is 3.22. The number of hydrogen-bond donors (Lipinski definition) is 1. The van der Waals surface area contributed by atoms with Crippen LogP contribution in [0, 0.1) is 37.5 Å². The predicted molar refractivity (Wildman–Crippen MR) is 71.0 cm³/mol. The van der Waals surface area contributed by atoms with Gasteiger partial charge in [0.05, 0.1) is 12.0 Å². The minimum atomic E-state index is 0. The Morgan fingerprint density at radius 3 is 2.79 bits per heavy atom. The van der Waals surface area contributed by atoms with Crippen LogP contribution in [-0.2, 0) is 0 Å². The zero-order valence-corrected chi connectivity index (χ0v) is 14.9. The molecule has 0 saturated heterocycles. The van der Waals surface area contributed by atoms with Crippen LogP contribution in [0.2, 0.25) is 0 Å². The molecule has 2 N–H and O–H groups in total. The van der Waals surface area contributed by atoms with Crippen LogP contribution < -0.4 is 5.73 Å². The first-order valence-electron chi connectivity index (χ1n) is 5.39. The van der Waals surface area contributed by atoms with Crippen molar-refractivity contribution in [2.75, 3.05) is 5.73 Å². The Bertz CT molecular complexity index is 637. The number of pyridine rings is 1. The molecule has 4 nitrogen and oxygen atoms in total. The van der Waals surface area contributed by atoms with E-state index in [-0.39, 0.29) is 31.1 Å². The van der Waals surface area contributed by atoms with Crippen LogP contribution in [0.5, 0.6) is 0 Å². The Balaban J connectivity index is 0.00000133. The summed E-state index contributed by atoms with van der Waals surface area (Å²) >= 11 is 1.42. The smallest absolute Gasteiger partial charge is 0.166 e. The number of thiazole rings is 1. The van der Waals surface area contributed by atoms with Gasteiger partial charge in [0.2, 0.25) is 0 Å². The van der Waals surface area contributed by atoms with Gasteiger partial charge in [0.25, 0.3) is 0 Å². The van der Waals surface area contributed by atoms with Crippen molar-refractivity contribution in [3.63, 3.8) is 0 Å². The van der Waals surface area contributed by atoms with Crippen molar-refractivity contribution in [1.29, 1.82) is 0 Å². The minimum Gasteiger partial charge on any atom is -0.476 e. The molecular weight excluding hydrogens is 484 g/mol. The summed E-state index contributed by atoms with van der Waals surface area (Å²) in [4.78, 5) is 9.50. The summed E-state index contributed by atoms with van der Waals surface area (Å²) in [5, 5.41) is 0.517. The van der Waals surface area contributed by atoms with Gasteiger partial charge in [-0.05, 0) is 22.7 Å². The van der Waals surface area contributed by atoms with E-state index in [9.17, 15) is 0 Å². The number of rotatable bonds is 3. The molecule has 0 saturated carbocycles. The fourth-order valence-electron chi connectivity index (χ4n) is 1.63. The first kappa shape index (κ1) is 14.2. The number of anilines is 1. The summed E-state index contributed by atoms with van der Waals surface area (Å²) in [5.74, 6) is 0.713. The Labute approximate surface area is 138 Å². The maximum Gasteiger partial charge on any atom is 0.166 e. The first-order valence-corrected chi connectivity index (χ1v) is 6.20. The van der Waals surface area contributed by atoms with Gasteiger partial charge < -0.3 is 10.2 Å². The van der Waals surface area contributed by atoms with Crippen LogP contribution in [0.1, 0.15) is 10.6 Å². The summed E-state index contributed by atoms with van der Waals surface area (Å²) in [5.41, 5.74) is 7.39. The van der Waals surface area contributed by atoms with Gasteiger partial charge >= 0.3 is 0 Å². The predicted octanol–water partition coefficient (Wildman–Crippen LogP) is 2.98. The van der Waals surface area contributed by atoms with Gasteiger partial charge in [-0.25, -0.2) is 0 Å². The molecule has 6 heteroatoms. The van der Waals surface area contributed by atoms with Crippen molar-refractivity contribution in [1.82, 2.24) is 9.97 Å². The average Bonchev–Trinajstić information content (AvgIpc) is 3.00. The van der Waals surface area contributed by atoms with Crippen molar-refractivity contribution in [3.8, 4) is 11.5 Å². The molecule has 3 heterocycles. The van der Waals surface area contributed by atoms with Crippen molar-refractivity contribution >= 4 is 16.5 Å². The zero-order valence-electron chi connectivity index (χ0n) is 9.91. The molecule has 19 heavy (non-hydrogen) atoms. The molecule has 0 atom stereocenters. The minimum absolute atomic E-state index is 0. The van der Waals surface area contributed by atoms with E-state index < -0.39 is 0 Å². The molecular formula is C13H10N3OSU-. The standard InChI is InChI=1S/C13H10N3OS.U/c14-13-16-12(10-5-3-7-17-10)11(18-13)8-9-4-1-2-6-15-9;/h1-8H,(H2,14,16);/q-1;. The molecule has 0 amide bonds. The summed E-state index contributed by atoms with van der Waals surface area (Å²) in [6.07, 6.45) is 5.32. The molecule has 0 aliphatic heterocycles. The molecule has 3 rings (SSSR count). The average molecular weight is 494 g/mol. The Kier molecular flexibility index (Phi) is 4.70. The van der Waals surface area contributed by atoms with Crippen molar-refractivity contribution in [2.45, 2.75) is 0 Å². The van der Waals surface area contributed by atoms with Gasteiger partial charge in [-0.3, -0.25) is 9.97 Å². The molecule has 3 aromatic heterocycles. The Hall–Kier alpha value is -1.22. The first-order chi connectivity index (χ1) is 8.83. The molecule has 0 aliphatic rings. The topological polar surface area (TPSA) is 64.9 Å². The van der Waals surface area contributed by atoms with Crippen LogP contribution in [-0.4, -0.2) is 9.97 Å². The summed E-state index contributed by atoms with van der Waals surface area (Å²) in [6, 6.07) is 9.45. The number of nitrogens with zero attached hydrogens (tertiary/aromatic N) is 2. The molecule has 0 fully saturated rings. The third-order valence-electron chi connectivity index (χ3n) is 2.39. The van der Waals surface area contributed by atoms with Gasteiger partial charge in [-0.1, -0.05) is 6.07 Å². The van der Waals surface area contributed by atoms with Crippen molar-refractivity contribution in [3.05, 3.63) is 59.8 Å². The van der Waals surface area contributed by atoms with E-state index in [1.807, 2.05) is 36.8 Å². The quantitative estimate of drug-likeness (QED) is 0.569. The SMILES string of the molecule is Nc1nc(-c2ccco2)c([CH-]c2ccccn2)s1.[U]. The van der Waals surface area contributed by atoms with Gasteiger partial charge in [0.1, 0.15) is 0 Å². The molecule has 3 aromatic rings. The van der Waals surface area contributed by atoms with Crippen LogP contribution in [0.15, 0.2) is 47.2 Å². The van der Waals surface area contributed by atoms with E-state index >= 15 is 0 Å². The number of aromatic nitrogens is 2. The molecule has 0 aliphatic carbocycles. The van der Waals surface area contributed by atoms with Crippen LogP contribution >= 0.6 is 11.3 Å². The van der Waals surface area contributed by atoms with Crippen molar-refractivity contribution in [2.24, 2.45) is 0 Å². The maximum atomic E-state index is 5.76. The van der Waals surface area contributed by atoms with Crippen LogP contribution in [0.25, 0.3) is 11.5 Å². The number of nitrogen functional groups attached to an aromatic ring is 1. The van der Waals surface area contributed by atoms with Crippen LogP contribution in [0.4, 0.5) is 5.13 Å². The Morgan fingerprint density at radius 1 is 1.21 bits per heavy atom. The molecule has 0 unspecified atom stereocenters. The fraction of sp³-hybridized carbons (Fsp3) is 0. The molecule has 0 radical (unpaired) electrons. The van der Waals surface area contributed by atoms with Crippen LogP contribution in [0.3, 0.4) is 0 Å². The van der Waals surface area contributed by atoms with Gasteiger partial charge in [-0.2, -0.15) is 0 Å². The number of furan rings is 1. The second-order valence-electron chi connectivity index (χ2n) is 3.64. The summed E-state index contributed by atoms with van der Waals surface area (Å²) in [7, 11) is 0. The number of nitrogens with two attached hydrogens (primary N) is 1. The van der Waals surface area contributed by atoms with E-state index in [4.69, 9.17) is 10.2 Å². The number of hydrogen-bond acceptors (Lipinski definition) is 5. The van der Waals surface area contributed by atoms with E-state index in [0.717, 1.165) is 16.3 Å². The van der Waals surface area contributed by atoms with Gasteiger partial charge in [0, 0.05) is 43.0 Å². The second kappa shape index (κ2) is 6.29. The molecule has 0 spiro atoms. The molecule has 0 aromatic carbocycles. The second-order valence-corrected chi connectivity index (χ2v) is 4.70. The van der Waals surface area contributed by atoms with Gasteiger partial charge in [-0.15, -0.1) is 29.9 Å². The van der Waals surface area contributed by atoms with E-state index in [0.29, 0.717) is 10.9 Å². The fourth-order valence-corrected chi connectivity index (χ4v) is 2.42. The zero-order chi connectivity index (χ0) is 12.4. The third kappa shape index (κ3) is 3.21. The maximum absolute atomic E-state index is 5.76. The Morgan fingerprint density at radius 2 is 2.11 bits per heavy atom. The van der Waals surface area contributed by atoms with Gasteiger partial charge in [0.15, 0.2) is 5.13 Å². The monoisotopic (exact) mass is 494 g/mol. The van der Waals surface area contributed by atoms with Crippen molar-refractivity contribution < 1.29 is 35.5 Å². The van der Waals surface area contributed by atoms with E-state index in [2.05, 4.69) is 9.97 Å².